The van der Waals surface area contributed by atoms with Crippen molar-refractivity contribution in [2.75, 3.05) is 25.0 Å². The van der Waals surface area contributed by atoms with E-state index in [0.717, 1.165) is 37.2 Å². The maximum Gasteiger partial charge on any atom is 0.243 e. The first-order valence-corrected chi connectivity index (χ1v) is 8.60. The predicted molar refractivity (Wildman–Crippen MR) is 77.6 cm³/mol. The van der Waals surface area contributed by atoms with Crippen molar-refractivity contribution in [2.45, 2.75) is 37.2 Å². The van der Waals surface area contributed by atoms with Gasteiger partial charge in [0.25, 0.3) is 0 Å². The molecular weight excluding hydrogens is 276 g/mol. The van der Waals surface area contributed by atoms with Crippen molar-refractivity contribution < 1.29 is 13.2 Å². The van der Waals surface area contributed by atoms with Gasteiger partial charge in [-0.3, -0.25) is 0 Å². The van der Waals surface area contributed by atoms with Crippen molar-refractivity contribution in [1.82, 2.24) is 4.31 Å². The zero-order valence-electron chi connectivity index (χ0n) is 11.6. The van der Waals surface area contributed by atoms with E-state index >= 15 is 0 Å². The number of sulfonamides is 1. The molecule has 110 valence electrons. The Kier molecular flexibility index (Phi) is 3.60. The third-order valence-corrected chi connectivity index (χ3v) is 5.82. The first-order valence-electron chi connectivity index (χ1n) is 7.16. The van der Waals surface area contributed by atoms with E-state index in [4.69, 9.17) is 4.74 Å². The van der Waals surface area contributed by atoms with Crippen LogP contribution in [-0.2, 0) is 10.0 Å². The minimum atomic E-state index is -3.35. The Bertz CT molecular complexity index is 594. The third kappa shape index (κ3) is 2.38. The van der Waals surface area contributed by atoms with Crippen LogP contribution in [0, 0.1) is 0 Å². The van der Waals surface area contributed by atoms with Crippen molar-refractivity contribution in [3.63, 3.8) is 0 Å². The van der Waals surface area contributed by atoms with Crippen LogP contribution >= 0.6 is 0 Å². The first kappa shape index (κ1) is 13.7. The monoisotopic (exact) mass is 296 g/mol. The molecule has 1 fully saturated rings. The Morgan fingerprint density at radius 2 is 2.10 bits per heavy atom. The fraction of sp³-hybridized carbons (Fsp3) is 0.571. The van der Waals surface area contributed by atoms with Crippen LogP contribution in [0.25, 0.3) is 0 Å². The summed E-state index contributed by atoms with van der Waals surface area (Å²) in [6.07, 6.45) is 2.98. The molecule has 20 heavy (non-hydrogen) atoms. The molecule has 2 aliphatic heterocycles. The summed E-state index contributed by atoms with van der Waals surface area (Å²) >= 11 is 0. The summed E-state index contributed by atoms with van der Waals surface area (Å²) in [5, 5.41) is 3.26. The lowest BCUT2D eigenvalue weighted by atomic mass is 10.2. The molecule has 0 radical (unpaired) electrons. The minimum Gasteiger partial charge on any atom is -0.486 e. The lowest BCUT2D eigenvalue weighted by molar-refractivity contribution is 0.201. The summed E-state index contributed by atoms with van der Waals surface area (Å²) < 4.78 is 32.4. The maximum absolute atomic E-state index is 12.5. The second-order valence-electron chi connectivity index (χ2n) is 5.30. The molecule has 2 aliphatic rings. The van der Waals surface area contributed by atoms with Gasteiger partial charge in [-0.2, -0.15) is 4.31 Å². The molecule has 1 unspecified atom stereocenters. The molecule has 1 aromatic carbocycles. The normalized spacial score (nSPS) is 22.9. The SMILES string of the molecule is CCC1CNc2cc(S(=O)(=O)N3CCCC3)ccc2O1. The van der Waals surface area contributed by atoms with Gasteiger partial charge in [0.15, 0.2) is 0 Å². The lowest BCUT2D eigenvalue weighted by Crippen LogP contribution is -2.31. The molecule has 0 spiro atoms. The van der Waals surface area contributed by atoms with Gasteiger partial charge in [-0.15, -0.1) is 0 Å². The molecule has 1 N–H and O–H groups in total. The fourth-order valence-electron chi connectivity index (χ4n) is 2.66. The molecule has 0 aliphatic carbocycles. The van der Waals surface area contributed by atoms with E-state index in [-0.39, 0.29) is 6.10 Å². The summed E-state index contributed by atoms with van der Waals surface area (Å²) in [5.41, 5.74) is 0.773. The van der Waals surface area contributed by atoms with E-state index < -0.39 is 10.0 Å². The molecule has 0 amide bonds. The molecule has 1 atom stereocenters. The highest BCUT2D eigenvalue weighted by molar-refractivity contribution is 7.89. The number of rotatable bonds is 3. The highest BCUT2D eigenvalue weighted by atomic mass is 32.2. The largest absolute Gasteiger partial charge is 0.486 e. The fourth-order valence-corrected chi connectivity index (χ4v) is 4.20. The highest BCUT2D eigenvalue weighted by Crippen LogP contribution is 2.33. The molecule has 0 saturated carbocycles. The number of nitrogens with one attached hydrogen (secondary N) is 1. The van der Waals surface area contributed by atoms with E-state index in [1.807, 2.05) is 0 Å². The summed E-state index contributed by atoms with van der Waals surface area (Å²) in [7, 11) is -3.35. The van der Waals surface area contributed by atoms with Crippen LogP contribution < -0.4 is 10.1 Å². The van der Waals surface area contributed by atoms with Gasteiger partial charge in [-0.1, -0.05) is 6.92 Å². The maximum atomic E-state index is 12.5. The Labute approximate surface area is 120 Å². The van der Waals surface area contributed by atoms with Crippen LogP contribution in [0.1, 0.15) is 26.2 Å². The molecule has 6 heteroatoms. The summed E-state index contributed by atoms with van der Waals surface area (Å²) in [4.78, 5) is 0.351. The first-order chi connectivity index (χ1) is 9.61. The van der Waals surface area contributed by atoms with Gasteiger partial charge in [0, 0.05) is 13.1 Å². The number of hydrogen-bond donors (Lipinski definition) is 1. The number of hydrogen-bond acceptors (Lipinski definition) is 4. The van der Waals surface area contributed by atoms with Gasteiger partial charge in [-0.05, 0) is 37.5 Å². The van der Waals surface area contributed by atoms with E-state index in [9.17, 15) is 8.42 Å². The average molecular weight is 296 g/mol. The number of nitrogens with zero attached hydrogens (tertiary/aromatic N) is 1. The molecule has 5 nitrogen and oxygen atoms in total. The molecule has 3 rings (SSSR count). The van der Waals surface area contributed by atoms with Crippen molar-refractivity contribution in [3.05, 3.63) is 18.2 Å². The highest BCUT2D eigenvalue weighted by Gasteiger charge is 2.28. The molecule has 1 saturated heterocycles. The number of anilines is 1. The minimum absolute atomic E-state index is 0.156. The van der Waals surface area contributed by atoms with Crippen LogP contribution in [0.2, 0.25) is 0 Å². The Morgan fingerprint density at radius 1 is 1.35 bits per heavy atom. The van der Waals surface area contributed by atoms with Crippen LogP contribution in [0.15, 0.2) is 23.1 Å². The Morgan fingerprint density at radius 3 is 2.80 bits per heavy atom. The van der Waals surface area contributed by atoms with Crippen LogP contribution in [0.3, 0.4) is 0 Å². The quantitative estimate of drug-likeness (QED) is 0.927. The molecule has 0 bridgehead atoms. The zero-order valence-corrected chi connectivity index (χ0v) is 12.4. The van der Waals surface area contributed by atoms with Crippen LogP contribution in [-0.4, -0.2) is 38.5 Å². The average Bonchev–Trinajstić information content (AvgIpc) is 3.01. The van der Waals surface area contributed by atoms with Crippen molar-refractivity contribution in [2.24, 2.45) is 0 Å². The number of benzene rings is 1. The predicted octanol–water partition coefficient (Wildman–Crippen LogP) is 2.05. The van der Waals surface area contributed by atoms with Gasteiger partial charge in [-0.25, -0.2) is 8.42 Å². The Balaban J connectivity index is 1.89. The summed E-state index contributed by atoms with van der Waals surface area (Å²) in [6, 6.07) is 5.09. The van der Waals surface area contributed by atoms with Gasteiger partial charge in [0.05, 0.1) is 17.1 Å². The molecular formula is C14H20N2O3S. The summed E-state index contributed by atoms with van der Waals surface area (Å²) in [6.45, 7) is 4.04. The lowest BCUT2D eigenvalue weighted by Gasteiger charge is -2.27. The van der Waals surface area contributed by atoms with E-state index in [0.29, 0.717) is 18.0 Å². The van der Waals surface area contributed by atoms with Crippen molar-refractivity contribution in [1.29, 1.82) is 0 Å². The van der Waals surface area contributed by atoms with Gasteiger partial charge in [0.1, 0.15) is 11.9 Å². The standard InChI is InChI=1S/C14H20N2O3S/c1-2-11-10-15-13-9-12(5-6-14(13)19-11)20(17,18)16-7-3-4-8-16/h5-6,9,11,15H,2-4,7-8,10H2,1H3. The molecule has 0 aromatic heterocycles. The number of ether oxygens (including phenoxy) is 1. The Hall–Kier alpha value is -1.27. The van der Waals surface area contributed by atoms with E-state index in [2.05, 4.69) is 12.2 Å². The van der Waals surface area contributed by atoms with Crippen molar-refractivity contribution >= 4 is 15.7 Å². The third-order valence-electron chi connectivity index (χ3n) is 3.92. The van der Waals surface area contributed by atoms with Gasteiger partial charge >= 0.3 is 0 Å². The molecule has 2 heterocycles. The van der Waals surface area contributed by atoms with E-state index in [1.54, 1.807) is 22.5 Å². The van der Waals surface area contributed by atoms with Crippen molar-refractivity contribution in [3.8, 4) is 5.75 Å². The van der Waals surface area contributed by atoms with Crippen LogP contribution in [0.5, 0.6) is 5.75 Å². The number of fused-ring (bicyclic) bond motifs is 1. The second kappa shape index (κ2) is 5.26. The van der Waals surface area contributed by atoms with Crippen LogP contribution in [0.4, 0.5) is 5.69 Å². The zero-order chi connectivity index (χ0) is 14.2. The molecule has 1 aromatic rings. The van der Waals surface area contributed by atoms with Gasteiger partial charge < -0.3 is 10.1 Å². The van der Waals surface area contributed by atoms with Gasteiger partial charge in [0.2, 0.25) is 10.0 Å². The second-order valence-corrected chi connectivity index (χ2v) is 7.24. The summed E-state index contributed by atoms with van der Waals surface area (Å²) in [5.74, 6) is 0.739. The smallest absolute Gasteiger partial charge is 0.243 e. The van der Waals surface area contributed by atoms with E-state index in [1.165, 1.54) is 0 Å². The topological polar surface area (TPSA) is 58.6 Å².